The zero-order valence-electron chi connectivity index (χ0n) is 9.85. The van der Waals surface area contributed by atoms with E-state index in [4.69, 9.17) is 9.84 Å². The summed E-state index contributed by atoms with van der Waals surface area (Å²) >= 11 is 0. The Morgan fingerprint density at radius 2 is 2.25 bits per heavy atom. The fraction of sp³-hybridized carbons (Fsp3) is 0.909. The monoisotopic (exact) mass is 248 g/mol. The second-order valence-electron chi connectivity index (χ2n) is 4.43. The first-order valence-corrected chi connectivity index (χ1v) is 7.05. The summed E-state index contributed by atoms with van der Waals surface area (Å²) in [6, 6.07) is 0. The maximum atomic E-state index is 12.0. The van der Waals surface area contributed by atoms with Gasteiger partial charge in [-0.25, -0.2) is 0 Å². The lowest BCUT2D eigenvalue weighted by atomic mass is 9.97. The Hall–Kier alpha value is -0.420. The summed E-state index contributed by atoms with van der Waals surface area (Å²) in [5, 5.41) is 8.88. The van der Waals surface area contributed by atoms with E-state index in [2.05, 4.69) is 0 Å². The molecule has 0 bridgehead atoms. The average molecular weight is 248 g/mol. The molecule has 0 saturated heterocycles. The molecule has 1 aliphatic rings. The molecule has 94 valence electrons. The molecular formula is C11H20O4S. The van der Waals surface area contributed by atoms with Crippen LogP contribution in [0.4, 0.5) is 0 Å². The molecule has 4 unspecified atom stereocenters. The molecule has 0 heterocycles. The SMILES string of the molecule is COC1CCCC(S(=O)CC(C)C(=O)O)C1. The molecule has 5 heteroatoms. The largest absolute Gasteiger partial charge is 0.481 e. The average Bonchev–Trinajstić information content (AvgIpc) is 2.28. The number of carbonyl (C=O) groups is 1. The van der Waals surface area contributed by atoms with E-state index in [1.165, 1.54) is 0 Å². The smallest absolute Gasteiger partial charge is 0.307 e. The Morgan fingerprint density at radius 1 is 1.56 bits per heavy atom. The van der Waals surface area contributed by atoms with Crippen LogP contribution in [0.3, 0.4) is 0 Å². The molecule has 0 amide bonds. The number of rotatable bonds is 5. The number of aliphatic carboxylic acids is 1. The van der Waals surface area contributed by atoms with Crippen LogP contribution >= 0.6 is 0 Å². The van der Waals surface area contributed by atoms with E-state index < -0.39 is 22.7 Å². The zero-order valence-corrected chi connectivity index (χ0v) is 10.7. The molecule has 0 radical (unpaired) electrons. The van der Waals surface area contributed by atoms with Crippen LogP contribution in [0.5, 0.6) is 0 Å². The summed E-state index contributed by atoms with van der Waals surface area (Å²) in [5.41, 5.74) is 0. The lowest BCUT2D eigenvalue weighted by molar-refractivity contribution is -0.140. The fourth-order valence-corrected chi connectivity index (χ4v) is 3.78. The lowest BCUT2D eigenvalue weighted by Crippen LogP contribution is -2.32. The summed E-state index contributed by atoms with van der Waals surface area (Å²) in [6.07, 6.45) is 3.98. The minimum absolute atomic E-state index is 0.112. The van der Waals surface area contributed by atoms with Gasteiger partial charge in [0, 0.05) is 28.9 Å². The summed E-state index contributed by atoms with van der Waals surface area (Å²) in [5.74, 6) is -1.13. The van der Waals surface area contributed by atoms with E-state index in [9.17, 15) is 9.00 Å². The van der Waals surface area contributed by atoms with Crippen LogP contribution in [0.25, 0.3) is 0 Å². The topological polar surface area (TPSA) is 63.6 Å². The molecule has 4 atom stereocenters. The molecule has 0 aromatic heterocycles. The van der Waals surface area contributed by atoms with Gasteiger partial charge in [0.05, 0.1) is 12.0 Å². The highest BCUT2D eigenvalue weighted by molar-refractivity contribution is 7.85. The van der Waals surface area contributed by atoms with E-state index in [0.29, 0.717) is 0 Å². The van der Waals surface area contributed by atoms with Crippen LogP contribution in [-0.2, 0) is 20.3 Å². The quantitative estimate of drug-likeness (QED) is 0.799. The van der Waals surface area contributed by atoms with Gasteiger partial charge in [0.1, 0.15) is 0 Å². The number of carboxylic acids is 1. The third-order valence-electron chi connectivity index (χ3n) is 3.12. The van der Waals surface area contributed by atoms with Crippen molar-refractivity contribution in [3.05, 3.63) is 0 Å². The van der Waals surface area contributed by atoms with E-state index in [0.717, 1.165) is 25.7 Å². The molecule has 1 rings (SSSR count). The molecule has 0 spiro atoms. The lowest BCUT2D eigenvalue weighted by Gasteiger charge is -2.27. The van der Waals surface area contributed by atoms with Gasteiger partial charge in [-0.15, -0.1) is 0 Å². The number of ether oxygens (including phenoxy) is 1. The Labute approximate surface area is 98.8 Å². The fourth-order valence-electron chi connectivity index (χ4n) is 2.01. The summed E-state index contributed by atoms with van der Waals surface area (Å²) in [4.78, 5) is 10.7. The standard InChI is InChI=1S/C11H20O4S/c1-8(11(12)13)7-16(14)10-5-3-4-9(6-10)15-2/h8-10H,3-7H2,1-2H3,(H,12,13). The molecular weight excluding hydrogens is 228 g/mol. The van der Waals surface area contributed by atoms with Gasteiger partial charge in [-0.1, -0.05) is 6.92 Å². The summed E-state index contributed by atoms with van der Waals surface area (Å²) in [6.45, 7) is 1.61. The Bertz CT molecular complexity index is 267. The molecule has 0 aliphatic heterocycles. The third kappa shape index (κ3) is 3.87. The van der Waals surface area contributed by atoms with Crippen LogP contribution in [0.15, 0.2) is 0 Å². The molecule has 1 aliphatic carbocycles. The minimum Gasteiger partial charge on any atom is -0.481 e. The Balaban J connectivity index is 2.44. The molecule has 1 N–H and O–H groups in total. The van der Waals surface area contributed by atoms with Crippen LogP contribution in [0, 0.1) is 5.92 Å². The van der Waals surface area contributed by atoms with Gasteiger partial charge in [-0.2, -0.15) is 0 Å². The molecule has 0 aromatic rings. The number of hydrogen-bond acceptors (Lipinski definition) is 3. The van der Waals surface area contributed by atoms with Crippen molar-refractivity contribution in [3.63, 3.8) is 0 Å². The number of carboxylic acid groups (broad SMARTS) is 1. The Kier molecular flexibility index (Phi) is 5.41. The normalized spacial score (nSPS) is 29.6. The highest BCUT2D eigenvalue weighted by atomic mass is 32.2. The van der Waals surface area contributed by atoms with Crippen LogP contribution in [-0.4, -0.2) is 39.5 Å². The first-order valence-electron chi connectivity index (χ1n) is 5.67. The van der Waals surface area contributed by atoms with Crippen molar-refractivity contribution < 1.29 is 18.8 Å². The van der Waals surface area contributed by atoms with Crippen molar-refractivity contribution in [3.8, 4) is 0 Å². The maximum absolute atomic E-state index is 12.0. The molecule has 0 aromatic carbocycles. The van der Waals surface area contributed by atoms with Crippen molar-refractivity contribution in [1.82, 2.24) is 0 Å². The van der Waals surface area contributed by atoms with Gasteiger partial charge in [-0.3, -0.25) is 9.00 Å². The van der Waals surface area contributed by atoms with E-state index >= 15 is 0 Å². The highest BCUT2D eigenvalue weighted by Gasteiger charge is 2.28. The van der Waals surface area contributed by atoms with Gasteiger partial charge >= 0.3 is 5.97 Å². The highest BCUT2D eigenvalue weighted by Crippen LogP contribution is 2.25. The third-order valence-corrected chi connectivity index (χ3v) is 5.12. The minimum atomic E-state index is -1.04. The van der Waals surface area contributed by atoms with Crippen molar-refractivity contribution in [1.29, 1.82) is 0 Å². The molecule has 16 heavy (non-hydrogen) atoms. The summed E-state index contributed by atoms with van der Waals surface area (Å²) in [7, 11) is 0.636. The van der Waals surface area contributed by atoms with Crippen LogP contribution < -0.4 is 0 Å². The Morgan fingerprint density at radius 3 is 2.81 bits per heavy atom. The van der Waals surface area contributed by atoms with Gasteiger partial charge in [0.2, 0.25) is 0 Å². The van der Waals surface area contributed by atoms with Gasteiger partial charge in [0.15, 0.2) is 0 Å². The number of hydrogen-bond donors (Lipinski definition) is 1. The van der Waals surface area contributed by atoms with Crippen molar-refractivity contribution in [2.75, 3.05) is 12.9 Å². The van der Waals surface area contributed by atoms with E-state index in [1.54, 1.807) is 14.0 Å². The molecule has 4 nitrogen and oxygen atoms in total. The zero-order chi connectivity index (χ0) is 12.1. The first-order chi connectivity index (χ1) is 7.54. The second-order valence-corrected chi connectivity index (χ2v) is 6.19. The molecule has 1 saturated carbocycles. The van der Waals surface area contributed by atoms with Gasteiger partial charge < -0.3 is 9.84 Å². The summed E-state index contributed by atoms with van der Waals surface area (Å²) < 4.78 is 17.2. The maximum Gasteiger partial charge on any atom is 0.307 e. The first kappa shape index (κ1) is 13.6. The van der Waals surface area contributed by atoms with E-state index in [1.807, 2.05) is 0 Å². The molecule has 1 fully saturated rings. The van der Waals surface area contributed by atoms with Crippen molar-refractivity contribution in [2.24, 2.45) is 5.92 Å². The predicted octanol–water partition coefficient (Wildman–Crippen LogP) is 1.41. The van der Waals surface area contributed by atoms with Crippen LogP contribution in [0.1, 0.15) is 32.6 Å². The van der Waals surface area contributed by atoms with Gasteiger partial charge in [0.25, 0.3) is 0 Å². The van der Waals surface area contributed by atoms with Crippen LogP contribution in [0.2, 0.25) is 0 Å². The predicted molar refractivity (Wildman–Crippen MR) is 62.9 cm³/mol. The van der Waals surface area contributed by atoms with Crippen molar-refractivity contribution in [2.45, 2.75) is 44.0 Å². The van der Waals surface area contributed by atoms with E-state index in [-0.39, 0.29) is 17.1 Å². The number of methoxy groups -OCH3 is 1. The van der Waals surface area contributed by atoms with Gasteiger partial charge in [-0.05, 0) is 25.7 Å². The second kappa shape index (κ2) is 6.35. The van der Waals surface area contributed by atoms with Crippen molar-refractivity contribution >= 4 is 16.8 Å².